The highest BCUT2D eigenvalue weighted by molar-refractivity contribution is 9.10. The van der Waals surface area contributed by atoms with Crippen LogP contribution in [-0.4, -0.2) is 30.6 Å². The van der Waals surface area contributed by atoms with Gasteiger partial charge in [-0.3, -0.25) is 9.36 Å². The van der Waals surface area contributed by atoms with Gasteiger partial charge in [-0.2, -0.15) is 0 Å². The van der Waals surface area contributed by atoms with Crippen molar-refractivity contribution in [3.05, 3.63) is 35.1 Å². The number of benzene rings is 1. The normalized spacial score (nSPS) is 16.4. The fourth-order valence-corrected chi connectivity index (χ4v) is 5.70. The summed E-state index contributed by atoms with van der Waals surface area (Å²) >= 11 is 6.37. The molecule has 1 aliphatic rings. The minimum absolute atomic E-state index is 0.589. The zero-order chi connectivity index (χ0) is 16.0. The van der Waals surface area contributed by atoms with Crippen molar-refractivity contribution in [2.45, 2.75) is 29.2 Å². The molecule has 8 heteroatoms. The number of carboxylic acid groups (broad SMARTS) is 1. The molecule has 1 aliphatic carbocycles. The van der Waals surface area contributed by atoms with E-state index in [2.05, 4.69) is 44.3 Å². The SMILES string of the molecule is O=C(O)C1(Sc2nnc(Br)n2-c2cc3ccccc3s2)CCC1. The monoisotopic (exact) mass is 409 g/mol. The van der Waals surface area contributed by atoms with E-state index in [1.165, 1.54) is 16.5 Å². The molecule has 1 fully saturated rings. The van der Waals surface area contributed by atoms with Gasteiger partial charge in [0.15, 0.2) is 5.16 Å². The van der Waals surface area contributed by atoms with Gasteiger partial charge < -0.3 is 5.11 Å². The highest BCUT2D eigenvalue weighted by Gasteiger charge is 2.47. The average Bonchev–Trinajstić information content (AvgIpc) is 3.05. The maximum absolute atomic E-state index is 11.6. The molecular weight excluding hydrogens is 398 g/mol. The van der Waals surface area contributed by atoms with Crippen LogP contribution in [0.1, 0.15) is 19.3 Å². The molecule has 0 unspecified atom stereocenters. The van der Waals surface area contributed by atoms with Crippen LogP contribution < -0.4 is 0 Å². The van der Waals surface area contributed by atoms with Crippen molar-refractivity contribution < 1.29 is 9.90 Å². The van der Waals surface area contributed by atoms with Gasteiger partial charge in [0.05, 0.1) is 0 Å². The first-order chi connectivity index (χ1) is 11.1. The number of halogens is 1. The molecule has 0 atom stereocenters. The van der Waals surface area contributed by atoms with Crippen LogP contribution in [0, 0.1) is 0 Å². The van der Waals surface area contributed by atoms with Gasteiger partial charge in [0.2, 0.25) is 4.73 Å². The lowest BCUT2D eigenvalue weighted by atomic mass is 9.84. The average molecular weight is 410 g/mol. The zero-order valence-electron chi connectivity index (χ0n) is 11.9. The molecule has 2 heterocycles. The number of thiophene rings is 1. The summed E-state index contributed by atoms with van der Waals surface area (Å²) in [6.07, 6.45) is 2.28. The summed E-state index contributed by atoms with van der Waals surface area (Å²) in [6, 6.07) is 10.2. The molecule has 5 nitrogen and oxygen atoms in total. The zero-order valence-corrected chi connectivity index (χ0v) is 15.1. The van der Waals surface area contributed by atoms with Gasteiger partial charge in [0.1, 0.15) is 9.75 Å². The van der Waals surface area contributed by atoms with Crippen LogP contribution in [0.5, 0.6) is 0 Å². The van der Waals surface area contributed by atoms with Crippen LogP contribution in [-0.2, 0) is 4.79 Å². The van der Waals surface area contributed by atoms with Gasteiger partial charge in [0.25, 0.3) is 0 Å². The molecule has 2 aromatic heterocycles. The highest BCUT2D eigenvalue weighted by atomic mass is 79.9. The maximum atomic E-state index is 11.6. The molecule has 4 rings (SSSR count). The Morgan fingerprint density at radius 3 is 2.78 bits per heavy atom. The predicted molar refractivity (Wildman–Crippen MR) is 94.5 cm³/mol. The van der Waals surface area contributed by atoms with Gasteiger partial charge in [-0.15, -0.1) is 21.5 Å². The number of nitrogens with zero attached hydrogens (tertiary/aromatic N) is 3. The van der Waals surface area contributed by atoms with Crippen molar-refractivity contribution in [1.29, 1.82) is 0 Å². The molecule has 0 radical (unpaired) electrons. The van der Waals surface area contributed by atoms with Crippen LogP contribution in [0.2, 0.25) is 0 Å². The lowest BCUT2D eigenvalue weighted by Crippen LogP contribution is -2.42. The Labute approximate surface area is 148 Å². The van der Waals surface area contributed by atoms with Crippen LogP contribution in [0.4, 0.5) is 0 Å². The quantitative estimate of drug-likeness (QED) is 0.693. The molecule has 1 N–H and O–H groups in total. The minimum atomic E-state index is -0.768. The van der Waals surface area contributed by atoms with Crippen LogP contribution in [0.3, 0.4) is 0 Å². The molecule has 0 amide bonds. The van der Waals surface area contributed by atoms with Crippen molar-refractivity contribution in [3.63, 3.8) is 0 Å². The van der Waals surface area contributed by atoms with Crippen LogP contribution in [0.15, 0.2) is 40.2 Å². The summed E-state index contributed by atoms with van der Waals surface area (Å²) in [5, 5.41) is 20.6. The Balaban J connectivity index is 1.77. The summed E-state index contributed by atoms with van der Waals surface area (Å²) in [6.45, 7) is 0. The Bertz CT molecular complexity index is 868. The number of rotatable bonds is 4. The van der Waals surface area contributed by atoms with E-state index >= 15 is 0 Å². The Kier molecular flexibility index (Phi) is 3.70. The van der Waals surface area contributed by atoms with E-state index in [0.717, 1.165) is 16.8 Å². The number of fused-ring (bicyclic) bond motifs is 1. The lowest BCUT2D eigenvalue weighted by molar-refractivity contribution is -0.142. The predicted octanol–water partition coefficient (Wildman–Crippen LogP) is 4.34. The molecule has 3 aromatic rings. The van der Waals surface area contributed by atoms with Crippen molar-refractivity contribution in [1.82, 2.24) is 14.8 Å². The summed E-state index contributed by atoms with van der Waals surface area (Å²) in [4.78, 5) is 11.6. The third-order valence-electron chi connectivity index (χ3n) is 4.06. The fraction of sp³-hybridized carbons (Fsp3) is 0.267. The van der Waals surface area contributed by atoms with E-state index in [1.807, 2.05) is 16.7 Å². The molecule has 0 saturated heterocycles. The topological polar surface area (TPSA) is 68.0 Å². The standard InChI is InChI=1S/C15H12BrN3O2S2/c16-13-17-18-14(23-15(12(20)21)6-3-7-15)19(13)11-8-9-4-1-2-5-10(9)22-11/h1-2,4-5,8H,3,6-7H2,(H,20,21). The number of carboxylic acids is 1. The fourth-order valence-electron chi connectivity index (χ4n) is 2.61. The summed E-state index contributed by atoms with van der Waals surface area (Å²) in [7, 11) is 0. The molecule has 0 spiro atoms. The van der Waals surface area contributed by atoms with Gasteiger partial charge >= 0.3 is 5.97 Å². The first-order valence-electron chi connectivity index (χ1n) is 7.11. The second-order valence-electron chi connectivity index (χ2n) is 5.46. The third kappa shape index (κ3) is 2.49. The first-order valence-corrected chi connectivity index (χ1v) is 9.54. The van der Waals surface area contributed by atoms with Crippen molar-refractivity contribution in [2.24, 2.45) is 0 Å². The number of thioether (sulfide) groups is 1. The number of carbonyl (C=O) groups is 1. The van der Waals surface area contributed by atoms with E-state index in [1.54, 1.807) is 11.3 Å². The van der Waals surface area contributed by atoms with Gasteiger partial charge in [-0.25, -0.2) is 0 Å². The van der Waals surface area contributed by atoms with Crippen molar-refractivity contribution in [3.8, 4) is 5.00 Å². The molecule has 1 aromatic carbocycles. The Hall–Kier alpha value is -1.38. The number of aliphatic carboxylic acids is 1. The number of aromatic nitrogens is 3. The molecule has 118 valence electrons. The largest absolute Gasteiger partial charge is 0.480 e. The smallest absolute Gasteiger partial charge is 0.320 e. The first kappa shape index (κ1) is 15.2. The molecule has 1 saturated carbocycles. The van der Waals surface area contributed by atoms with E-state index in [-0.39, 0.29) is 0 Å². The summed E-state index contributed by atoms with van der Waals surface area (Å²) in [5.74, 6) is -0.768. The second-order valence-corrected chi connectivity index (χ2v) is 8.59. The molecule has 0 aliphatic heterocycles. The van der Waals surface area contributed by atoms with Crippen molar-refractivity contribution >= 4 is 55.1 Å². The van der Waals surface area contributed by atoms with Crippen LogP contribution in [0.25, 0.3) is 15.1 Å². The van der Waals surface area contributed by atoms with E-state index in [0.29, 0.717) is 22.7 Å². The Morgan fingerprint density at radius 2 is 2.13 bits per heavy atom. The third-order valence-corrected chi connectivity index (χ3v) is 7.10. The van der Waals surface area contributed by atoms with E-state index in [4.69, 9.17) is 0 Å². The molecule has 23 heavy (non-hydrogen) atoms. The van der Waals surface area contributed by atoms with Gasteiger partial charge in [-0.05, 0) is 52.7 Å². The van der Waals surface area contributed by atoms with Gasteiger partial charge in [0, 0.05) is 4.70 Å². The molecule has 0 bridgehead atoms. The maximum Gasteiger partial charge on any atom is 0.320 e. The summed E-state index contributed by atoms with van der Waals surface area (Å²) in [5.41, 5.74) is 0. The number of hydrogen-bond acceptors (Lipinski definition) is 5. The Morgan fingerprint density at radius 1 is 1.35 bits per heavy atom. The van der Waals surface area contributed by atoms with E-state index in [9.17, 15) is 9.90 Å². The minimum Gasteiger partial charge on any atom is -0.480 e. The van der Waals surface area contributed by atoms with E-state index < -0.39 is 10.7 Å². The summed E-state index contributed by atoms with van der Waals surface area (Å²) < 4.78 is 2.89. The number of hydrogen-bond donors (Lipinski definition) is 1. The highest BCUT2D eigenvalue weighted by Crippen LogP contribution is 2.48. The van der Waals surface area contributed by atoms with Crippen LogP contribution >= 0.6 is 39.0 Å². The molecular formula is C15H12BrN3O2S2. The van der Waals surface area contributed by atoms with Gasteiger partial charge in [-0.1, -0.05) is 30.0 Å². The lowest BCUT2D eigenvalue weighted by Gasteiger charge is -2.36. The second kappa shape index (κ2) is 5.61. The van der Waals surface area contributed by atoms with Crippen molar-refractivity contribution in [2.75, 3.05) is 0 Å².